The SMILES string of the molecule is Cc1cc(NC(=O)c2cccc(OCC(C)C)c2)n(Cc2ccccc2)n1. The lowest BCUT2D eigenvalue weighted by Gasteiger charge is -2.11. The van der Waals surface area contributed by atoms with E-state index in [2.05, 4.69) is 24.3 Å². The summed E-state index contributed by atoms with van der Waals surface area (Å²) in [5.41, 5.74) is 2.54. The Morgan fingerprint density at radius 1 is 1.11 bits per heavy atom. The van der Waals surface area contributed by atoms with Gasteiger partial charge in [0.1, 0.15) is 11.6 Å². The zero-order chi connectivity index (χ0) is 19.2. The van der Waals surface area contributed by atoms with Crippen molar-refractivity contribution in [2.45, 2.75) is 27.3 Å². The van der Waals surface area contributed by atoms with Crippen molar-refractivity contribution in [2.24, 2.45) is 5.92 Å². The van der Waals surface area contributed by atoms with E-state index in [0.29, 0.717) is 36.2 Å². The van der Waals surface area contributed by atoms with Crippen LogP contribution >= 0.6 is 0 Å². The fraction of sp³-hybridized carbons (Fsp3) is 0.273. The van der Waals surface area contributed by atoms with Crippen molar-refractivity contribution in [3.8, 4) is 5.75 Å². The molecule has 3 aromatic rings. The molecule has 1 aromatic heterocycles. The van der Waals surface area contributed by atoms with Gasteiger partial charge in [-0.25, -0.2) is 4.68 Å². The van der Waals surface area contributed by atoms with Gasteiger partial charge in [0.05, 0.1) is 18.8 Å². The van der Waals surface area contributed by atoms with Crippen LogP contribution in [0.15, 0.2) is 60.7 Å². The fourth-order valence-electron chi connectivity index (χ4n) is 2.70. The average molecular weight is 363 g/mol. The van der Waals surface area contributed by atoms with Crippen molar-refractivity contribution >= 4 is 11.7 Å². The molecule has 5 heteroatoms. The number of benzene rings is 2. The molecule has 1 N–H and O–H groups in total. The van der Waals surface area contributed by atoms with Crippen LogP contribution in [-0.4, -0.2) is 22.3 Å². The predicted molar refractivity (Wildman–Crippen MR) is 107 cm³/mol. The summed E-state index contributed by atoms with van der Waals surface area (Å²) in [5.74, 6) is 1.62. The lowest BCUT2D eigenvalue weighted by Crippen LogP contribution is -2.16. The summed E-state index contributed by atoms with van der Waals surface area (Å²) in [6, 6.07) is 19.2. The normalized spacial score (nSPS) is 10.8. The topological polar surface area (TPSA) is 56.1 Å². The highest BCUT2D eigenvalue weighted by Gasteiger charge is 2.12. The summed E-state index contributed by atoms with van der Waals surface area (Å²) >= 11 is 0. The molecule has 0 atom stereocenters. The molecule has 0 aliphatic heterocycles. The Morgan fingerprint density at radius 2 is 1.89 bits per heavy atom. The highest BCUT2D eigenvalue weighted by atomic mass is 16.5. The molecule has 27 heavy (non-hydrogen) atoms. The molecule has 0 aliphatic carbocycles. The number of carbonyl (C=O) groups excluding carboxylic acids is 1. The maximum atomic E-state index is 12.7. The van der Waals surface area contributed by atoms with E-state index in [1.165, 1.54) is 0 Å². The number of amides is 1. The number of hydrogen-bond donors (Lipinski definition) is 1. The average Bonchev–Trinajstić information content (AvgIpc) is 3.00. The molecule has 0 aliphatic rings. The third-order valence-corrected chi connectivity index (χ3v) is 4.00. The first-order valence-electron chi connectivity index (χ1n) is 9.14. The van der Waals surface area contributed by atoms with Gasteiger partial charge >= 0.3 is 0 Å². The molecule has 0 saturated carbocycles. The van der Waals surface area contributed by atoms with Crippen LogP contribution in [0.3, 0.4) is 0 Å². The number of hydrogen-bond acceptors (Lipinski definition) is 3. The highest BCUT2D eigenvalue weighted by molar-refractivity contribution is 6.04. The molecule has 0 bridgehead atoms. The zero-order valence-corrected chi connectivity index (χ0v) is 16.0. The van der Waals surface area contributed by atoms with E-state index < -0.39 is 0 Å². The number of nitrogens with zero attached hydrogens (tertiary/aromatic N) is 2. The first kappa shape index (κ1) is 18.7. The van der Waals surface area contributed by atoms with E-state index in [0.717, 1.165) is 11.3 Å². The van der Waals surface area contributed by atoms with E-state index in [4.69, 9.17) is 4.74 Å². The van der Waals surface area contributed by atoms with Crippen LogP contribution in [0.25, 0.3) is 0 Å². The van der Waals surface area contributed by atoms with E-state index in [9.17, 15) is 4.79 Å². The lowest BCUT2D eigenvalue weighted by atomic mass is 10.2. The van der Waals surface area contributed by atoms with Crippen LogP contribution < -0.4 is 10.1 Å². The van der Waals surface area contributed by atoms with Gasteiger partial charge in [0, 0.05) is 11.6 Å². The molecule has 0 fully saturated rings. The monoisotopic (exact) mass is 363 g/mol. The second-order valence-corrected chi connectivity index (χ2v) is 7.00. The van der Waals surface area contributed by atoms with Gasteiger partial charge in [0.25, 0.3) is 5.91 Å². The predicted octanol–water partition coefficient (Wildman–Crippen LogP) is 4.53. The van der Waals surface area contributed by atoms with E-state index in [1.54, 1.807) is 12.1 Å². The molecule has 0 saturated heterocycles. The largest absolute Gasteiger partial charge is 0.493 e. The van der Waals surface area contributed by atoms with Crippen LogP contribution in [-0.2, 0) is 6.54 Å². The maximum Gasteiger partial charge on any atom is 0.256 e. The van der Waals surface area contributed by atoms with Gasteiger partial charge < -0.3 is 10.1 Å². The van der Waals surface area contributed by atoms with Crippen LogP contribution in [0.5, 0.6) is 5.75 Å². The molecule has 2 aromatic carbocycles. The van der Waals surface area contributed by atoms with Crippen LogP contribution in [0, 0.1) is 12.8 Å². The van der Waals surface area contributed by atoms with E-state index >= 15 is 0 Å². The van der Waals surface area contributed by atoms with Gasteiger partial charge in [-0.3, -0.25) is 4.79 Å². The number of aromatic nitrogens is 2. The van der Waals surface area contributed by atoms with Crippen molar-refractivity contribution in [2.75, 3.05) is 11.9 Å². The van der Waals surface area contributed by atoms with E-state index in [-0.39, 0.29) is 5.91 Å². The summed E-state index contributed by atoms with van der Waals surface area (Å²) in [4.78, 5) is 12.7. The van der Waals surface area contributed by atoms with Gasteiger partial charge in [0.15, 0.2) is 0 Å². The lowest BCUT2D eigenvalue weighted by molar-refractivity contribution is 0.102. The summed E-state index contributed by atoms with van der Waals surface area (Å²) in [6.45, 7) is 7.31. The first-order valence-corrected chi connectivity index (χ1v) is 9.14. The second-order valence-electron chi connectivity index (χ2n) is 7.00. The number of rotatable bonds is 7. The van der Waals surface area contributed by atoms with E-state index in [1.807, 2.05) is 60.1 Å². The van der Waals surface area contributed by atoms with Crippen molar-refractivity contribution in [3.63, 3.8) is 0 Å². The van der Waals surface area contributed by atoms with Crippen molar-refractivity contribution in [1.29, 1.82) is 0 Å². The minimum Gasteiger partial charge on any atom is -0.493 e. The Bertz CT molecular complexity index is 901. The van der Waals surface area contributed by atoms with Gasteiger partial charge in [-0.15, -0.1) is 0 Å². The Morgan fingerprint density at radius 3 is 2.63 bits per heavy atom. The molecule has 3 rings (SSSR count). The molecule has 0 unspecified atom stereocenters. The smallest absolute Gasteiger partial charge is 0.256 e. The number of ether oxygens (including phenoxy) is 1. The first-order chi connectivity index (χ1) is 13.0. The van der Waals surface area contributed by atoms with Gasteiger partial charge in [0.2, 0.25) is 0 Å². The minimum atomic E-state index is -0.181. The molecule has 1 amide bonds. The second kappa shape index (κ2) is 8.54. The minimum absolute atomic E-state index is 0.181. The third kappa shape index (κ3) is 5.20. The number of nitrogens with one attached hydrogen (secondary N) is 1. The number of carbonyl (C=O) groups is 1. The molecule has 1 heterocycles. The van der Waals surface area contributed by atoms with Crippen LogP contribution in [0.2, 0.25) is 0 Å². The molecule has 0 spiro atoms. The van der Waals surface area contributed by atoms with Gasteiger partial charge in [-0.05, 0) is 36.6 Å². The maximum absolute atomic E-state index is 12.7. The van der Waals surface area contributed by atoms with Gasteiger partial charge in [-0.1, -0.05) is 50.2 Å². The summed E-state index contributed by atoms with van der Waals surface area (Å²) < 4.78 is 7.52. The van der Waals surface area contributed by atoms with Crippen LogP contribution in [0.1, 0.15) is 35.5 Å². The van der Waals surface area contributed by atoms with Crippen molar-refractivity contribution < 1.29 is 9.53 Å². The zero-order valence-electron chi connectivity index (χ0n) is 16.0. The fourth-order valence-corrected chi connectivity index (χ4v) is 2.70. The van der Waals surface area contributed by atoms with Crippen molar-refractivity contribution in [1.82, 2.24) is 9.78 Å². The Kier molecular flexibility index (Phi) is 5.91. The standard InChI is InChI=1S/C22H25N3O2/c1-16(2)15-27-20-11-7-10-19(13-20)22(26)23-21-12-17(3)24-25(21)14-18-8-5-4-6-9-18/h4-13,16H,14-15H2,1-3H3,(H,23,26). The molecular formula is C22H25N3O2. The molecule has 140 valence electrons. The molecule has 5 nitrogen and oxygen atoms in total. The molecule has 0 radical (unpaired) electrons. The van der Waals surface area contributed by atoms with Gasteiger partial charge in [-0.2, -0.15) is 5.10 Å². The Balaban J connectivity index is 1.74. The highest BCUT2D eigenvalue weighted by Crippen LogP contribution is 2.18. The summed E-state index contributed by atoms with van der Waals surface area (Å²) in [7, 11) is 0. The third-order valence-electron chi connectivity index (χ3n) is 4.00. The number of anilines is 1. The van der Waals surface area contributed by atoms with Crippen molar-refractivity contribution in [3.05, 3.63) is 77.5 Å². The Labute approximate surface area is 160 Å². The Hall–Kier alpha value is -3.08. The molecular weight excluding hydrogens is 338 g/mol. The summed E-state index contributed by atoms with van der Waals surface area (Å²) in [6.07, 6.45) is 0. The van der Waals surface area contributed by atoms with Crippen LogP contribution in [0.4, 0.5) is 5.82 Å². The quantitative estimate of drug-likeness (QED) is 0.671. The summed E-state index contributed by atoms with van der Waals surface area (Å²) in [5, 5.41) is 7.46. The number of aryl methyl sites for hydroxylation is 1.